The van der Waals surface area contributed by atoms with E-state index in [-0.39, 0.29) is 29.2 Å². The van der Waals surface area contributed by atoms with Crippen molar-refractivity contribution in [2.24, 2.45) is 11.7 Å². The summed E-state index contributed by atoms with van der Waals surface area (Å²) in [5, 5.41) is 0.349. The maximum Gasteiger partial charge on any atom is 0.247 e. The van der Waals surface area contributed by atoms with Crippen molar-refractivity contribution < 1.29 is 17.9 Å². The van der Waals surface area contributed by atoms with Crippen LogP contribution in [-0.4, -0.2) is 52.2 Å². The minimum atomic E-state index is -3.74. The van der Waals surface area contributed by atoms with E-state index in [4.69, 9.17) is 26.8 Å². The third kappa shape index (κ3) is 4.21. The van der Waals surface area contributed by atoms with Gasteiger partial charge in [0.25, 0.3) is 0 Å². The first-order valence-electron chi connectivity index (χ1n) is 8.05. The van der Waals surface area contributed by atoms with Crippen LogP contribution in [0.25, 0.3) is 0 Å². The molecule has 1 aromatic carbocycles. The van der Waals surface area contributed by atoms with Crippen molar-refractivity contribution >= 4 is 21.6 Å². The molecule has 1 fully saturated rings. The van der Waals surface area contributed by atoms with Gasteiger partial charge in [-0.2, -0.15) is 4.31 Å². The zero-order valence-corrected chi connectivity index (χ0v) is 15.6. The molecular formula is C16H25ClN2O4S. The van der Waals surface area contributed by atoms with Crippen LogP contribution < -0.4 is 10.5 Å². The summed E-state index contributed by atoms with van der Waals surface area (Å²) in [5.74, 6) is 0.501. The zero-order chi connectivity index (χ0) is 17.7. The lowest BCUT2D eigenvalue weighted by atomic mass is 9.93. The summed E-state index contributed by atoms with van der Waals surface area (Å²) < 4.78 is 38.4. The van der Waals surface area contributed by atoms with E-state index in [0.29, 0.717) is 24.7 Å². The molecule has 1 aliphatic heterocycles. The lowest BCUT2D eigenvalue weighted by Crippen LogP contribution is -2.51. The molecule has 0 bridgehead atoms. The molecule has 0 unspecified atom stereocenters. The molecule has 1 saturated heterocycles. The van der Waals surface area contributed by atoms with Gasteiger partial charge in [-0.1, -0.05) is 18.5 Å². The first-order chi connectivity index (χ1) is 11.4. The molecule has 2 atom stereocenters. The molecule has 136 valence electrons. The highest BCUT2D eigenvalue weighted by atomic mass is 35.5. The molecule has 1 aliphatic rings. The van der Waals surface area contributed by atoms with Crippen LogP contribution in [-0.2, 0) is 14.8 Å². The second kappa shape index (κ2) is 8.49. The lowest BCUT2D eigenvalue weighted by Gasteiger charge is -2.38. The summed E-state index contributed by atoms with van der Waals surface area (Å²) in [6.07, 6.45) is 1.79. The highest BCUT2D eigenvalue weighted by molar-refractivity contribution is 7.89. The van der Waals surface area contributed by atoms with Crippen molar-refractivity contribution in [1.82, 2.24) is 4.31 Å². The fourth-order valence-electron chi connectivity index (χ4n) is 3.02. The zero-order valence-electron chi connectivity index (χ0n) is 14.1. The molecule has 0 radical (unpaired) electrons. The first-order valence-corrected chi connectivity index (χ1v) is 9.86. The summed E-state index contributed by atoms with van der Waals surface area (Å²) in [4.78, 5) is 0.0821. The topological polar surface area (TPSA) is 81.9 Å². The predicted octanol–water partition coefficient (Wildman–Crippen LogP) is 2.11. The summed E-state index contributed by atoms with van der Waals surface area (Å²) in [6, 6.07) is 4.42. The second-order valence-corrected chi connectivity index (χ2v) is 8.27. The summed E-state index contributed by atoms with van der Waals surface area (Å²) >= 11 is 6.03. The van der Waals surface area contributed by atoms with E-state index in [1.165, 1.54) is 10.4 Å². The maximum absolute atomic E-state index is 13.2. The predicted molar refractivity (Wildman–Crippen MR) is 94.0 cm³/mol. The maximum atomic E-state index is 13.2. The summed E-state index contributed by atoms with van der Waals surface area (Å²) in [7, 11) is -2.18. The number of ether oxygens (including phenoxy) is 2. The van der Waals surface area contributed by atoms with Crippen molar-refractivity contribution in [2.45, 2.75) is 30.7 Å². The van der Waals surface area contributed by atoms with Crippen LogP contribution in [0.2, 0.25) is 5.02 Å². The average molecular weight is 377 g/mol. The van der Waals surface area contributed by atoms with Crippen molar-refractivity contribution in [3.63, 3.8) is 0 Å². The Hall–Kier alpha value is -0.860. The van der Waals surface area contributed by atoms with Crippen LogP contribution in [0.4, 0.5) is 0 Å². The van der Waals surface area contributed by atoms with Gasteiger partial charge in [0.05, 0.1) is 6.61 Å². The minimum Gasteiger partial charge on any atom is -0.490 e. The Labute approximate surface area is 148 Å². The number of hydrogen-bond acceptors (Lipinski definition) is 5. The number of hydrogen-bond donors (Lipinski definition) is 1. The van der Waals surface area contributed by atoms with Gasteiger partial charge in [-0.25, -0.2) is 8.42 Å². The highest BCUT2D eigenvalue weighted by Gasteiger charge is 2.37. The molecule has 2 rings (SSSR count). The van der Waals surface area contributed by atoms with E-state index in [0.717, 1.165) is 12.8 Å². The van der Waals surface area contributed by atoms with Gasteiger partial charge >= 0.3 is 0 Å². The first kappa shape index (κ1) is 19.5. The Morgan fingerprint density at radius 3 is 2.79 bits per heavy atom. The Morgan fingerprint density at radius 1 is 1.38 bits per heavy atom. The normalized spacial score (nSPS) is 22.5. The van der Waals surface area contributed by atoms with Crippen molar-refractivity contribution in [1.29, 1.82) is 0 Å². The van der Waals surface area contributed by atoms with E-state index in [1.54, 1.807) is 19.2 Å². The summed E-state index contributed by atoms with van der Waals surface area (Å²) in [5.41, 5.74) is 5.85. The van der Waals surface area contributed by atoms with Gasteiger partial charge in [-0.3, -0.25) is 0 Å². The second-order valence-electron chi connectivity index (χ2n) is 5.97. The van der Waals surface area contributed by atoms with Crippen LogP contribution in [0, 0.1) is 5.92 Å². The van der Waals surface area contributed by atoms with Gasteiger partial charge in [0, 0.05) is 31.3 Å². The van der Waals surface area contributed by atoms with Gasteiger partial charge in [0.15, 0.2) is 0 Å². The number of rotatable bonds is 7. The van der Waals surface area contributed by atoms with Gasteiger partial charge in [-0.05, 0) is 37.0 Å². The molecule has 0 spiro atoms. The number of piperidine rings is 1. The Balaban J connectivity index is 2.38. The van der Waals surface area contributed by atoms with E-state index < -0.39 is 10.0 Å². The third-order valence-electron chi connectivity index (χ3n) is 4.34. The van der Waals surface area contributed by atoms with Crippen molar-refractivity contribution in [3.05, 3.63) is 23.2 Å². The van der Waals surface area contributed by atoms with Crippen LogP contribution in [0.15, 0.2) is 23.1 Å². The highest BCUT2D eigenvalue weighted by Crippen LogP contribution is 2.34. The van der Waals surface area contributed by atoms with Crippen LogP contribution in [0.3, 0.4) is 0 Å². The number of benzene rings is 1. The molecule has 0 saturated carbocycles. The quantitative estimate of drug-likeness (QED) is 0.737. The van der Waals surface area contributed by atoms with E-state index in [9.17, 15) is 8.42 Å². The number of nitrogens with two attached hydrogens (primary N) is 1. The van der Waals surface area contributed by atoms with Crippen LogP contribution in [0.5, 0.6) is 5.75 Å². The molecule has 8 heteroatoms. The van der Waals surface area contributed by atoms with Crippen LogP contribution >= 0.6 is 11.6 Å². The van der Waals surface area contributed by atoms with E-state index >= 15 is 0 Å². The molecule has 2 N–H and O–H groups in total. The lowest BCUT2D eigenvalue weighted by molar-refractivity contribution is 0.144. The van der Waals surface area contributed by atoms with Gasteiger partial charge < -0.3 is 15.2 Å². The number of nitrogens with zero attached hydrogens (tertiary/aromatic N) is 1. The largest absolute Gasteiger partial charge is 0.490 e. The molecule has 24 heavy (non-hydrogen) atoms. The minimum absolute atomic E-state index is 0.0821. The van der Waals surface area contributed by atoms with E-state index in [2.05, 4.69) is 0 Å². The Kier molecular flexibility index (Phi) is 6.88. The summed E-state index contributed by atoms with van der Waals surface area (Å²) in [6.45, 7) is 3.41. The molecule has 1 aromatic rings. The number of sulfonamides is 1. The van der Waals surface area contributed by atoms with Gasteiger partial charge in [0.2, 0.25) is 10.0 Å². The molecule has 0 aromatic heterocycles. The smallest absolute Gasteiger partial charge is 0.247 e. The fraction of sp³-hybridized carbons (Fsp3) is 0.625. The number of halogens is 1. The van der Waals surface area contributed by atoms with Crippen molar-refractivity contribution in [2.75, 3.05) is 33.4 Å². The van der Waals surface area contributed by atoms with E-state index in [1.807, 2.05) is 6.92 Å². The molecule has 0 aliphatic carbocycles. The molecule has 6 nitrogen and oxygen atoms in total. The average Bonchev–Trinajstić information content (AvgIpc) is 2.56. The van der Waals surface area contributed by atoms with Gasteiger partial charge in [0.1, 0.15) is 17.3 Å². The molecular weight excluding hydrogens is 352 g/mol. The third-order valence-corrected chi connectivity index (χ3v) is 6.52. The number of methoxy groups -OCH3 is 1. The van der Waals surface area contributed by atoms with Gasteiger partial charge in [-0.15, -0.1) is 0 Å². The molecule has 1 heterocycles. The monoisotopic (exact) mass is 376 g/mol. The van der Waals surface area contributed by atoms with Crippen molar-refractivity contribution in [3.8, 4) is 5.75 Å². The fourth-order valence-corrected chi connectivity index (χ4v) is 5.19. The standard InChI is InChI=1S/C16H25ClN2O4S/c1-12-4-3-7-19(14(12)11-18)24(20,21)16-10-13(17)5-6-15(16)23-9-8-22-2/h5-6,10,12,14H,3-4,7-9,11,18H2,1-2H3/t12-,14+/m1/s1. The Morgan fingerprint density at radius 2 is 2.12 bits per heavy atom. The Bertz CT molecular complexity index is 653. The van der Waals surface area contributed by atoms with Crippen LogP contribution in [0.1, 0.15) is 19.8 Å². The SMILES string of the molecule is COCCOc1ccc(Cl)cc1S(=O)(=O)N1CCC[C@@H](C)[C@@H]1CN. The molecule has 0 amide bonds.